The van der Waals surface area contributed by atoms with E-state index < -0.39 is 64.7 Å². The minimum Gasteiger partial charge on any atom is -0.508 e. The smallest absolute Gasteiger partial charge is 0.423 e. The predicted molar refractivity (Wildman–Crippen MR) is 173 cm³/mol. The minimum atomic E-state index is -1.63. The highest BCUT2D eigenvalue weighted by Crippen LogP contribution is 2.65. The summed E-state index contributed by atoms with van der Waals surface area (Å²) in [4.78, 5) is 70.2. The molecule has 0 radical (unpaired) electrons. The first kappa shape index (κ1) is 31.7. The molecule has 0 bridgehead atoms. The number of fused-ring (bicyclic) bond motifs is 4. The van der Waals surface area contributed by atoms with Gasteiger partial charge in [-0.15, -0.1) is 0 Å². The van der Waals surface area contributed by atoms with Gasteiger partial charge in [-0.05, 0) is 60.7 Å². The summed E-state index contributed by atoms with van der Waals surface area (Å²) in [6.07, 6.45) is 0.838. The van der Waals surface area contributed by atoms with Crippen molar-refractivity contribution in [3.05, 3.63) is 99.6 Å². The first-order valence-electron chi connectivity index (χ1n) is 15.2. The lowest BCUT2D eigenvalue weighted by atomic mass is 9.49. The van der Waals surface area contributed by atoms with Gasteiger partial charge < -0.3 is 14.6 Å². The fourth-order valence-corrected chi connectivity index (χ4v) is 8.64. The van der Waals surface area contributed by atoms with Crippen molar-refractivity contribution in [1.82, 2.24) is 9.91 Å². The van der Waals surface area contributed by atoms with Gasteiger partial charge in [-0.3, -0.25) is 24.6 Å². The number of nitrogens with one attached hydrogen (secondary N) is 1. The van der Waals surface area contributed by atoms with Gasteiger partial charge in [0.1, 0.15) is 11.5 Å². The highest BCUT2D eigenvalue weighted by molar-refractivity contribution is 6.36. The number of imide groups is 4. The summed E-state index contributed by atoms with van der Waals surface area (Å²) in [6, 6.07) is 18.0. The molecule has 4 aliphatic rings. The number of hydrogen-bond donors (Lipinski definition) is 2. The number of ether oxygens (including phenoxy) is 2. The number of allylic oxidation sites excluding steroid dienone is 2. The minimum absolute atomic E-state index is 0.00569. The lowest BCUT2D eigenvalue weighted by Crippen LogP contribution is -2.53. The van der Waals surface area contributed by atoms with Crippen LogP contribution in [0.1, 0.15) is 29.9 Å². The molecule has 48 heavy (non-hydrogen) atoms. The second kappa shape index (κ2) is 11.7. The zero-order valence-corrected chi connectivity index (χ0v) is 27.2. The van der Waals surface area contributed by atoms with E-state index in [4.69, 9.17) is 32.7 Å². The average Bonchev–Trinajstić information content (AvgIpc) is 3.46. The summed E-state index contributed by atoms with van der Waals surface area (Å²) >= 11 is 12.6. The van der Waals surface area contributed by atoms with Crippen LogP contribution >= 0.6 is 23.2 Å². The van der Waals surface area contributed by atoms with Gasteiger partial charge in [0.05, 0.1) is 48.1 Å². The quantitative estimate of drug-likeness (QED) is 0.264. The Bertz CT molecular complexity index is 1930. The third kappa shape index (κ3) is 4.44. The maximum atomic E-state index is 15.1. The molecule has 13 heteroatoms. The monoisotopic (exact) mass is 689 g/mol. The zero-order valence-electron chi connectivity index (χ0n) is 25.7. The SMILES string of the molecule is COC(=O)N1C(=O)C2CC=C3C(CC4C(=O)N(Nc5ccc(Cl)cc5Cl)C(=O)C4(c4ccc(OC)cc4)C3c3ccccc3O)C2C1=O. The molecule has 2 aliphatic heterocycles. The van der Waals surface area contributed by atoms with Gasteiger partial charge >= 0.3 is 6.09 Å². The Kier molecular flexibility index (Phi) is 7.71. The maximum Gasteiger partial charge on any atom is 0.423 e. The van der Waals surface area contributed by atoms with Crippen molar-refractivity contribution in [3.8, 4) is 11.5 Å². The molecule has 7 rings (SSSR count). The number of nitrogens with zero attached hydrogens (tertiary/aromatic N) is 2. The van der Waals surface area contributed by atoms with E-state index in [1.807, 2.05) is 6.08 Å². The average molecular weight is 691 g/mol. The van der Waals surface area contributed by atoms with E-state index >= 15 is 4.79 Å². The molecular formula is C35H29Cl2N3O8. The molecule has 5 amide bonds. The van der Waals surface area contributed by atoms with Gasteiger partial charge in [0.15, 0.2) is 0 Å². The molecule has 2 aliphatic carbocycles. The van der Waals surface area contributed by atoms with E-state index in [9.17, 15) is 24.3 Å². The molecule has 3 fully saturated rings. The van der Waals surface area contributed by atoms with Crippen LogP contribution in [0.15, 0.2) is 78.4 Å². The molecular weight excluding hydrogens is 661 g/mol. The first-order chi connectivity index (χ1) is 23.0. The summed E-state index contributed by atoms with van der Waals surface area (Å²) in [7, 11) is 2.60. The lowest BCUT2D eigenvalue weighted by Gasteiger charge is -2.50. The predicted octanol–water partition coefficient (Wildman–Crippen LogP) is 5.46. The Balaban J connectivity index is 1.46. The maximum absolute atomic E-state index is 15.1. The van der Waals surface area contributed by atoms with Crippen LogP contribution in [0.25, 0.3) is 0 Å². The number of phenols is 1. The number of benzene rings is 3. The Labute approximate surface area is 285 Å². The summed E-state index contributed by atoms with van der Waals surface area (Å²) < 4.78 is 10.2. The number of anilines is 1. The normalized spacial score (nSPS) is 27.7. The number of amides is 5. The van der Waals surface area contributed by atoms with Gasteiger partial charge in [0, 0.05) is 16.5 Å². The van der Waals surface area contributed by atoms with Crippen molar-refractivity contribution in [2.45, 2.75) is 24.2 Å². The summed E-state index contributed by atoms with van der Waals surface area (Å²) in [5.74, 6) is -6.81. The largest absolute Gasteiger partial charge is 0.508 e. The second-order valence-corrected chi connectivity index (χ2v) is 13.1. The van der Waals surface area contributed by atoms with Crippen LogP contribution in [0.4, 0.5) is 10.5 Å². The molecule has 0 aromatic heterocycles. The van der Waals surface area contributed by atoms with E-state index in [-0.39, 0.29) is 29.3 Å². The van der Waals surface area contributed by atoms with Gasteiger partial charge in [-0.2, -0.15) is 9.91 Å². The van der Waals surface area contributed by atoms with E-state index in [2.05, 4.69) is 5.43 Å². The number of para-hydroxylation sites is 1. The highest BCUT2D eigenvalue weighted by atomic mass is 35.5. The number of phenolic OH excluding ortho intramolecular Hbond substituents is 1. The molecule has 6 atom stereocenters. The third-order valence-corrected chi connectivity index (χ3v) is 10.7. The Morgan fingerprint density at radius 1 is 0.938 bits per heavy atom. The number of halogens is 2. The number of hydrazine groups is 1. The van der Waals surface area contributed by atoms with E-state index in [1.165, 1.54) is 19.2 Å². The number of carbonyl (C=O) groups is 5. The van der Waals surface area contributed by atoms with Gasteiger partial charge in [-0.25, -0.2) is 4.79 Å². The molecule has 2 saturated heterocycles. The van der Waals surface area contributed by atoms with Gasteiger partial charge in [0.25, 0.3) is 11.8 Å². The van der Waals surface area contributed by atoms with Gasteiger partial charge in [-0.1, -0.05) is 65.2 Å². The van der Waals surface area contributed by atoms with Crippen molar-refractivity contribution in [2.75, 3.05) is 19.6 Å². The van der Waals surface area contributed by atoms with Crippen molar-refractivity contribution in [2.24, 2.45) is 23.7 Å². The summed E-state index contributed by atoms with van der Waals surface area (Å²) in [6.45, 7) is 0. The number of methoxy groups -OCH3 is 2. The Morgan fingerprint density at radius 3 is 2.33 bits per heavy atom. The van der Waals surface area contributed by atoms with Crippen LogP contribution in [0.2, 0.25) is 10.0 Å². The standard InChI is InChI=1S/C35H29Cl2N3O8/c1-47-19-10-7-17(8-11-19)35-24(31(43)40(33(35)45)38-26-14-9-18(36)15-25(26)37)16-23-20(29(35)21-5-3-4-6-27(21)41)12-13-22-28(23)32(44)39(30(22)42)34(46)48-2/h3-12,14-15,22-24,28-29,38,41H,13,16H2,1-2H3. The zero-order chi connectivity index (χ0) is 34.1. The van der Waals surface area contributed by atoms with E-state index in [0.717, 1.165) is 12.1 Å². The molecule has 1 saturated carbocycles. The summed E-state index contributed by atoms with van der Waals surface area (Å²) in [5, 5.41) is 12.8. The summed E-state index contributed by atoms with van der Waals surface area (Å²) in [5.41, 5.74) is 3.01. The van der Waals surface area contributed by atoms with Crippen LogP contribution in [-0.4, -0.2) is 59.0 Å². The Morgan fingerprint density at radius 2 is 1.67 bits per heavy atom. The molecule has 11 nitrogen and oxygen atoms in total. The second-order valence-electron chi connectivity index (χ2n) is 12.3. The third-order valence-electron chi connectivity index (χ3n) is 10.2. The molecule has 3 aromatic rings. The number of rotatable bonds is 5. The molecule has 3 aromatic carbocycles. The fourth-order valence-electron chi connectivity index (χ4n) is 8.19. The van der Waals surface area contributed by atoms with E-state index in [0.29, 0.717) is 32.4 Å². The highest BCUT2D eigenvalue weighted by Gasteiger charge is 2.71. The molecule has 246 valence electrons. The number of carbonyl (C=O) groups excluding carboxylic acids is 5. The number of likely N-dealkylation sites (tertiary alicyclic amines) is 1. The van der Waals surface area contributed by atoms with Crippen molar-refractivity contribution < 1.29 is 38.6 Å². The fraction of sp³-hybridized carbons (Fsp3) is 0.286. The van der Waals surface area contributed by atoms with Crippen molar-refractivity contribution >= 4 is 58.6 Å². The van der Waals surface area contributed by atoms with Crippen LogP contribution in [0, 0.1) is 23.7 Å². The Hall–Kier alpha value is -4.87. The first-order valence-corrected chi connectivity index (χ1v) is 16.0. The van der Waals surface area contributed by atoms with Crippen molar-refractivity contribution in [3.63, 3.8) is 0 Å². The number of hydrogen-bond acceptors (Lipinski definition) is 9. The molecule has 6 unspecified atom stereocenters. The van der Waals surface area contributed by atoms with Crippen LogP contribution < -0.4 is 10.2 Å². The number of aromatic hydroxyl groups is 1. The van der Waals surface area contributed by atoms with Crippen LogP contribution in [0.5, 0.6) is 11.5 Å². The van der Waals surface area contributed by atoms with Gasteiger partial charge in [0.2, 0.25) is 11.8 Å². The van der Waals surface area contributed by atoms with E-state index in [1.54, 1.807) is 54.6 Å². The van der Waals surface area contributed by atoms with Crippen LogP contribution in [-0.2, 0) is 29.3 Å². The van der Waals surface area contributed by atoms with Crippen molar-refractivity contribution in [1.29, 1.82) is 0 Å². The molecule has 2 N–H and O–H groups in total. The lowest BCUT2D eigenvalue weighted by molar-refractivity contribution is -0.140. The van der Waals surface area contributed by atoms with Crippen LogP contribution in [0.3, 0.4) is 0 Å². The molecule has 2 heterocycles. The molecule has 0 spiro atoms. The topological polar surface area (TPSA) is 143 Å².